The Bertz CT molecular complexity index is 631. The number of nitrogens with zero attached hydrogens (tertiary/aromatic N) is 5. The van der Waals surface area contributed by atoms with Gasteiger partial charge in [0, 0.05) is 12.1 Å². The summed E-state index contributed by atoms with van der Waals surface area (Å²) in [5.74, 6) is 0.0745. The van der Waals surface area contributed by atoms with Crippen molar-refractivity contribution < 1.29 is 13.2 Å². The lowest BCUT2D eigenvalue weighted by Crippen LogP contribution is -2.25. The lowest BCUT2D eigenvalue weighted by molar-refractivity contribution is -0.138. The van der Waals surface area contributed by atoms with Gasteiger partial charge in [0.1, 0.15) is 0 Å². The largest absolute Gasteiger partial charge is 0.416 e. The molecule has 0 radical (unpaired) electrons. The van der Waals surface area contributed by atoms with E-state index in [9.17, 15) is 13.2 Å². The van der Waals surface area contributed by atoms with E-state index in [1.54, 1.807) is 6.07 Å². The van der Waals surface area contributed by atoms with Gasteiger partial charge in [0.2, 0.25) is 5.82 Å². The van der Waals surface area contributed by atoms with Gasteiger partial charge in [-0.15, -0.1) is 20.4 Å². The van der Waals surface area contributed by atoms with Crippen molar-refractivity contribution in [1.82, 2.24) is 25.3 Å². The molecular weight excluding hydrogens is 307 g/mol. The second-order valence-corrected chi connectivity index (χ2v) is 5.11. The first-order chi connectivity index (χ1) is 11.0. The van der Waals surface area contributed by atoms with Gasteiger partial charge in [0.05, 0.1) is 5.56 Å². The van der Waals surface area contributed by atoms with Crippen molar-refractivity contribution in [3.8, 4) is 11.4 Å². The minimum absolute atomic E-state index is 0.0745. The molecule has 2 aromatic rings. The average Bonchev–Trinajstić information content (AvgIpc) is 2.54. The molecular formula is C15H18F3N5. The van der Waals surface area contributed by atoms with Crippen LogP contribution in [0.2, 0.25) is 0 Å². The second kappa shape index (κ2) is 7.45. The minimum atomic E-state index is -4.44. The summed E-state index contributed by atoms with van der Waals surface area (Å²) in [7, 11) is 0. The summed E-state index contributed by atoms with van der Waals surface area (Å²) in [4.78, 5) is 1.98. The van der Waals surface area contributed by atoms with Crippen LogP contribution in [-0.2, 0) is 12.7 Å². The quantitative estimate of drug-likeness (QED) is 0.816. The Morgan fingerprint density at radius 3 is 2.35 bits per heavy atom. The molecule has 0 unspecified atom stereocenters. The molecule has 0 aliphatic heterocycles. The maximum absolute atomic E-state index is 13.4. The van der Waals surface area contributed by atoms with Crippen LogP contribution in [0.25, 0.3) is 11.4 Å². The fourth-order valence-electron chi connectivity index (χ4n) is 2.34. The lowest BCUT2D eigenvalue weighted by atomic mass is 10.0. The summed E-state index contributed by atoms with van der Waals surface area (Å²) in [6.45, 7) is 5.65. The van der Waals surface area contributed by atoms with Gasteiger partial charge < -0.3 is 0 Å². The van der Waals surface area contributed by atoms with Crippen LogP contribution >= 0.6 is 0 Å². The molecule has 1 aromatic heterocycles. The topological polar surface area (TPSA) is 54.8 Å². The Labute approximate surface area is 132 Å². The Kier molecular flexibility index (Phi) is 5.59. The zero-order valence-electron chi connectivity index (χ0n) is 13.0. The van der Waals surface area contributed by atoms with E-state index in [4.69, 9.17) is 0 Å². The highest BCUT2D eigenvalue weighted by atomic mass is 19.4. The zero-order valence-corrected chi connectivity index (χ0v) is 13.0. The van der Waals surface area contributed by atoms with Gasteiger partial charge in [0.25, 0.3) is 0 Å². The summed E-state index contributed by atoms with van der Waals surface area (Å²) in [5.41, 5.74) is -0.175. The van der Waals surface area contributed by atoms with Crippen molar-refractivity contribution in [2.24, 2.45) is 0 Å². The molecule has 0 saturated heterocycles. The molecule has 0 atom stereocenters. The van der Waals surface area contributed by atoms with Crippen molar-refractivity contribution in [3.63, 3.8) is 0 Å². The van der Waals surface area contributed by atoms with Crippen LogP contribution in [0.1, 0.15) is 31.4 Å². The Morgan fingerprint density at radius 2 is 1.78 bits per heavy atom. The third kappa shape index (κ3) is 4.44. The molecule has 0 fully saturated rings. The monoisotopic (exact) mass is 325 g/mol. The molecule has 0 amide bonds. The van der Waals surface area contributed by atoms with E-state index < -0.39 is 11.7 Å². The molecule has 124 valence electrons. The molecule has 8 heteroatoms. The van der Waals surface area contributed by atoms with E-state index in [2.05, 4.69) is 20.4 Å². The summed E-state index contributed by atoms with van der Waals surface area (Å²) in [5, 5.41) is 14.5. The standard InChI is InChI=1S/C15H18F3N5/c1-3-7-23(4-2)9-12-6-5-11(8-13(12)15(16,17)18)14-21-19-10-20-22-14/h5-6,8,10H,3-4,7,9H2,1-2H3. The van der Waals surface area contributed by atoms with E-state index >= 15 is 0 Å². The van der Waals surface area contributed by atoms with E-state index in [0.717, 1.165) is 25.4 Å². The van der Waals surface area contributed by atoms with Crippen molar-refractivity contribution in [3.05, 3.63) is 35.7 Å². The van der Waals surface area contributed by atoms with E-state index in [-0.39, 0.29) is 23.5 Å². The highest BCUT2D eigenvalue weighted by Crippen LogP contribution is 2.34. The maximum Gasteiger partial charge on any atom is 0.416 e. The molecule has 0 bridgehead atoms. The third-order valence-corrected chi connectivity index (χ3v) is 3.46. The predicted octanol–water partition coefficient (Wildman–Crippen LogP) is 3.18. The van der Waals surface area contributed by atoms with Crippen LogP contribution in [0, 0.1) is 0 Å². The van der Waals surface area contributed by atoms with Gasteiger partial charge in [-0.3, -0.25) is 4.90 Å². The molecule has 0 aliphatic rings. The first kappa shape index (κ1) is 17.3. The minimum Gasteiger partial charge on any atom is -0.299 e. The Morgan fingerprint density at radius 1 is 1.09 bits per heavy atom. The third-order valence-electron chi connectivity index (χ3n) is 3.46. The van der Waals surface area contributed by atoms with Gasteiger partial charge in [-0.25, -0.2) is 0 Å². The molecule has 0 spiro atoms. The predicted molar refractivity (Wildman–Crippen MR) is 79.3 cm³/mol. The maximum atomic E-state index is 13.4. The first-order valence-corrected chi connectivity index (χ1v) is 7.39. The highest BCUT2D eigenvalue weighted by molar-refractivity contribution is 5.57. The number of hydrogen-bond acceptors (Lipinski definition) is 5. The summed E-state index contributed by atoms with van der Waals surface area (Å²) < 4.78 is 40.2. The molecule has 0 N–H and O–H groups in total. The molecule has 0 saturated carbocycles. The fourth-order valence-corrected chi connectivity index (χ4v) is 2.34. The van der Waals surface area contributed by atoms with Crippen LogP contribution in [-0.4, -0.2) is 38.4 Å². The Hall–Kier alpha value is -2.09. The molecule has 1 aromatic carbocycles. The van der Waals surface area contributed by atoms with E-state index in [1.807, 2.05) is 18.7 Å². The summed E-state index contributed by atoms with van der Waals surface area (Å²) >= 11 is 0. The molecule has 2 rings (SSSR count). The fraction of sp³-hybridized carbons (Fsp3) is 0.467. The number of aromatic nitrogens is 4. The van der Waals surface area contributed by atoms with Gasteiger partial charge in [-0.05, 0) is 31.1 Å². The molecule has 5 nitrogen and oxygen atoms in total. The molecule has 23 heavy (non-hydrogen) atoms. The number of rotatable bonds is 6. The van der Waals surface area contributed by atoms with Crippen molar-refractivity contribution in [2.75, 3.05) is 13.1 Å². The average molecular weight is 325 g/mol. The first-order valence-electron chi connectivity index (χ1n) is 7.39. The highest BCUT2D eigenvalue weighted by Gasteiger charge is 2.34. The van der Waals surface area contributed by atoms with Crippen LogP contribution in [0.3, 0.4) is 0 Å². The van der Waals surface area contributed by atoms with Crippen molar-refractivity contribution >= 4 is 0 Å². The summed E-state index contributed by atoms with van der Waals surface area (Å²) in [6, 6.07) is 4.11. The van der Waals surface area contributed by atoms with Gasteiger partial charge >= 0.3 is 6.18 Å². The van der Waals surface area contributed by atoms with E-state index in [1.165, 1.54) is 6.07 Å². The van der Waals surface area contributed by atoms with E-state index in [0.29, 0.717) is 6.54 Å². The molecule has 0 aliphatic carbocycles. The normalized spacial score (nSPS) is 11.9. The van der Waals surface area contributed by atoms with Crippen LogP contribution < -0.4 is 0 Å². The summed E-state index contributed by atoms with van der Waals surface area (Å²) in [6.07, 6.45) is -2.42. The zero-order chi connectivity index (χ0) is 16.9. The van der Waals surface area contributed by atoms with Crippen LogP contribution in [0.5, 0.6) is 0 Å². The van der Waals surface area contributed by atoms with Gasteiger partial charge in [-0.2, -0.15) is 13.2 Å². The van der Waals surface area contributed by atoms with Crippen LogP contribution in [0.15, 0.2) is 24.5 Å². The van der Waals surface area contributed by atoms with Crippen LogP contribution in [0.4, 0.5) is 13.2 Å². The smallest absolute Gasteiger partial charge is 0.299 e. The number of benzene rings is 1. The SMILES string of the molecule is CCCN(CC)Cc1ccc(-c2nncnn2)cc1C(F)(F)F. The molecule has 1 heterocycles. The van der Waals surface area contributed by atoms with Gasteiger partial charge in [-0.1, -0.05) is 26.0 Å². The second-order valence-electron chi connectivity index (χ2n) is 5.11. The van der Waals surface area contributed by atoms with Crippen molar-refractivity contribution in [2.45, 2.75) is 33.0 Å². The van der Waals surface area contributed by atoms with Gasteiger partial charge in [0.15, 0.2) is 6.33 Å². The number of hydrogen-bond donors (Lipinski definition) is 0. The lowest BCUT2D eigenvalue weighted by Gasteiger charge is -2.22. The number of halogens is 3. The number of alkyl halides is 3. The van der Waals surface area contributed by atoms with Crippen molar-refractivity contribution in [1.29, 1.82) is 0 Å². The Balaban J connectivity index is 2.39.